The molecule has 1 N–H and O–H groups in total. The fraction of sp³-hybridized carbons (Fsp3) is 0.444. The number of hydrogen-bond donors (Lipinski definition) is 1. The Bertz CT molecular complexity index is 325. The number of carbonyl (C=O) groups is 1. The number of fused-ring (bicyclic) bond motifs is 1. The van der Waals surface area contributed by atoms with Gasteiger partial charge in [0.15, 0.2) is 5.78 Å². The minimum Gasteiger partial charge on any atom is -0.466 e. The molecule has 3 nitrogen and oxygen atoms in total. The summed E-state index contributed by atoms with van der Waals surface area (Å²) in [4.78, 5) is 11.3. The van der Waals surface area contributed by atoms with Gasteiger partial charge in [0.05, 0.1) is 11.7 Å². The molecule has 1 aliphatic carbocycles. The maximum atomic E-state index is 11.3. The minimum atomic E-state index is -0.560. The summed E-state index contributed by atoms with van der Waals surface area (Å²) in [5, 5.41) is 9.25. The van der Waals surface area contributed by atoms with E-state index in [0.717, 1.165) is 5.76 Å². The molecule has 1 heterocycles. The zero-order valence-electron chi connectivity index (χ0n) is 6.83. The third-order valence-corrected chi connectivity index (χ3v) is 2.07. The van der Waals surface area contributed by atoms with Crippen molar-refractivity contribution in [3.63, 3.8) is 0 Å². The second-order valence-corrected chi connectivity index (χ2v) is 3.18. The van der Waals surface area contributed by atoms with Crippen LogP contribution in [0.5, 0.6) is 0 Å². The van der Waals surface area contributed by atoms with Gasteiger partial charge in [0, 0.05) is 12.8 Å². The predicted octanol–water partition coefficient (Wildman–Crippen LogP) is 1.08. The first-order chi connectivity index (χ1) is 5.66. The number of aliphatic hydroxyl groups excluding tert-OH is 1. The first-order valence-corrected chi connectivity index (χ1v) is 3.97. The first kappa shape index (κ1) is 7.55. The lowest BCUT2D eigenvalue weighted by Gasteiger charge is -2.13. The van der Waals surface area contributed by atoms with Gasteiger partial charge in [0.2, 0.25) is 0 Å². The van der Waals surface area contributed by atoms with Crippen LogP contribution in [0.3, 0.4) is 0 Å². The zero-order chi connectivity index (χ0) is 8.72. The molecule has 0 saturated heterocycles. The van der Waals surface area contributed by atoms with Crippen molar-refractivity contribution in [1.82, 2.24) is 0 Å². The second kappa shape index (κ2) is 2.45. The molecule has 0 radical (unpaired) electrons. The molecule has 0 saturated carbocycles. The van der Waals surface area contributed by atoms with E-state index < -0.39 is 6.10 Å². The van der Waals surface area contributed by atoms with Crippen molar-refractivity contribution in [3.8, 4) is 0 Å². The normalized spacial score (nSPS) is 22.5. The van der Waals surface area contributed by atoms with Crippen molar-refractivity contribution in [2.75, 3.05) is 0 Å². The molecule has 0 bridgehead atoms. The summed E-state index contributed by atoms with van der Waals surface area (Å²) in [5.74, 6) is 1.36. The van der Waals surface area contributed by atoms with Crippen LogP contribution in [0.1, 0.15) is 28.3 Å². The highest BCUT2D eigenvalue weighted by molar-refractivity contribution is 5.98. The molecule has 64 valence electrons. The van der Waals surface area contributed by atoms with Gasteiger partial charge in [-0.15, -0.1) is 0 Å². The zero-order valence-corrected chi connectivity index (χ0v) is 6.83. The Hall–Kier alpha value is -1.09. The number of carbonyl (C=O) groups excluding carboxylic acids is 1. The summed E-state index contributed by atoms with van der Waals surface area (Å²) in [6, 6.07) is 1.74. The lowest BCUT2D eigenvalue weighted by molar-refractivity contribution is 0.0838. The van der Waals surface area contributed by atoms with Gasteiger partial charge in [-0.25, -0.2) is 0 Å². The van der Waals surface area contributed by atoms with Crippen molar-refractivity contribution < 1.29 is 14.3 Å². The van der Waals surface area contributed by atoms with Crippen molar-refractivity contribution in [2.45, 2.75) is 25.9 Å². The average molecular weight is 166 g/mol. The molecule has 0 aliphatic heterocycles. The van der Waals surface area contributed by atoms with E-state index in [9.17, 15) is 9.90 Å². The predicted molar refractivity (Wildman–Crippen MR) is 42.1 cm³/mol. The molecule has 0 aromatic carbocycles. The van der Waals surface area contributed by atoms with Gasteiger partial charge in [-0.05, 0) is 13.0 Å². The van der Waals surface area contributed by atoms with Gasteiger partial charge in [0.25, 0.3) is 0 Å². The van der Waals surface area contributed by atoms with Crippen molar-refractivity contribution in [1.29, 1.82) is 0 Å². The van der Waals surface area contributed by atoms with Crippen LogP contribution in [0.25, 0.3) is 0 Å². The molecule has 1 aromatic rings. The van der Waals surface area contributed by atoms with E-state index >= 15 is 0 Å². The van der Waals surface area contributed by atoms with Crippen LogP contribution in [0, 0.1) is 6.92 Å². The van der Waals surface area contributed by atoms with E-state index in [-0.39, 0.29) is 12.2 Å². The van der Waals surface area contributed by atoms with Crippen LogP contribution in [0.4, 0.5) is 0 Å². The van der Waals surface area contributed by atoms with Crippen LogP contribution in [0.15, 0.2) is 10.5 Å². The van der Waals surface area contributed by atoms with Gasteiger partial charge in [-0.1, -0.05) is 0 Å². The van der Waals surface area contributed by atoms with E-state index in [1.165, 1.54) is 0 Å². The standard InChI is InChI=1S/C9H10O3/c1-5-2-7-8(11)3-6(10)4-9(7)12-5/h2,6,10H,3-4H2,1H3. The molecule has 0 spiro atoms. The summed E-state index contributed by atoms with van der Waals surface area (Å²) >= 11 is 0. The van der Waals surface area contributed by atoms with E-state index in [0.29, 0.717) is 17.7 Å². The van der Waals surface area contributed by atoms with Gasteiger partial charge in [-0.2, -0.15) is 0 Å². The number of hydrogen-bond acceptors (Lipinski definition) is 3. The molecular formula is C9H10O3. The number of aliphatic hydroxyl groups is 1. The number of furan rings is 1. The first-order valence-electron chi connectivity index (χ1n) is 3.97. The highest BCUT2D eigenvalue weighted by Crippen LogP contribution is 2.24. The molecule has 2 rings (SSSR count). The topological polar surface area (TPSA) is 50.4 Å². The Morgan fingerprint density at radius 2 is 2.33 bits per heavy atom. The van der Waals surface area contributed by atoms with E-state index in [1.54, 1.807) is 13.0 Å². The average Bonchev–Trinajstić information content (AvgIpc) is 2.29. The number of Topliss-reactive ketones (excluding diaryl/α,β-unsaturated/α-hetero) is 1. The van der Waals surface area contributed by atoms with E-state index in [1.807, 2.05) is 0 Å². The van der Waals surface area contributed by atoms with Crippen molar-refractivity contribution in [2.24, 2.45) is 0 Å². The smallest absolute Gasteiger partial charge is 0.168 e. The highest BCUT2D eigenvalue weighted by atomic mass is 16.3. The Morgan fingerprint density at radius 3 is 3.08 bits per heavy atom. The van der Waals surface area contributed by atoms with Crippen LogP contribution in [-0.2, 0) is 6.42 Å². The summed E-state index contributed by atoms with van der Waals surface area (Å²) in [5.41, 5.74) is 0.651. The molecule has 3 heteroatoms. The van der Waals surface area contributed by atoms with Gasteiger partial charge >= 0.3 is 0 Å². The number of rotatable bonds is 0. The van der Waals surface area contributed by atoms with Crippen LogP contribution < -0.4 is 0 Å². The monoisotopic (exact) mass is 166 g/mol. The lowest BCUT2D eigenvalue weighted by atomic mass is 9.95. The molecule has 1 aromatic heterocycles. The van der Waals surface area contributed by atoms with Crippen molar-refractivity contribution >= 4 is 5.78 Å². The van der Waals surface area contributed by atoms with Crippen LogP contribution >= 0.6 is 0 Å². The summed E-state index contributed by atoms with van der Waals surface area (Å²) in [7, 11) is 0. The minimum absolute atomic E-state index is 0.0133. The summed E-state index contributed by atoms with van der Waals surface area (Å²) in [6.45, 7) is 1.80. The number of aryl methyl sites for hydroxylation is 1. The Balaban J connectivity index is 2.46. The lowest BCUT2D eigenvalue weighted by Crippen LogP contribution is -2.22. The summed E-state index contributed by atoms with van der Waals surface area (Å²) < 4.78 is 5.27. The molecule has 1 aliphatic rings. The number of ketones is 1. The molecule has 0 amide bonds. The Labute approximate surface area is 70.0 Å². The van der Waals surface area contributed by atoms with Gasteiger partial charge < -0.3 is 9.52 Å². The molecule has 0 fully saturated rings. The van der Waals surface area contributed by atoms with E-state index in [4.69, 9.17) is 4.42 Å². The van der Waals surface area contributed by atoms with Crippen LogP contribution in [0.2, 0.25) is 0 Å². The van der Waals surface area contributed by atoms with E-state index in [2.05, 4.69) is 0 Å². The van der Waals surface area contributed by atoms with Gasteiger partial charge in [0.1, 0.15) is 11.5 Å². The largest absolute Gasteiger partial charge is 0.466 e. The molecule has 1 unspecified atom stereocenters. The third-order valence-electron chi connectivity index (χ3n) is 2.07. The van der Waals surface area contributed by atoms with Crippen LogP contribution in [-0.4, -0.2) is 17.0 Å². The maximum Gasteiger partial charge on any atom is 0.168 e. The molecular weight excluding hydrogens is 156 g/mol. The molecule has 1 atom stereocenters. The fourth-order valence-electron chi connectivity index (χ4n) is 1.56. The quantitative estimate of drug-likeness (QED) is 0.627. The second-order valence-electron chi connectivity index (χ2n) is 3.18. The Kier molecular flexibility index (Phi) is 1.54. The van der Waals surface area contributed by atoms with Crippen molar-refractivity contribution in [3.05, 3.63) is 23.2 Å². The highest BCUT2D eigenvalue weighted by Gasteiger charge is 2.26. The third kappa shape index (κ3) is 1.06. The SMILES string of the molecule is Cc1cc2c(o1)CC(O)CC2=O. The maximum absolute atomic E-state index is 11.3. The van der Waals surface area contributed by atoms with Gasteiger partial charge in [-0.3, -0.25) is 4.79 Å². The molecule has 12 heavy (non-hydrogen) atoms. The summed E-state index contributed by atoms with van der Waals surface area (Å²) in [6.07, 6.45) is 0.136. The fourth-order valence-corrected chi connectivity index (χ4v) is 1.56. The Morgan fingerprint density at radius 1 is 1.58 bits per heavy atom.